The summed E-state index contributed by atoms with van der Waals surface area (Å²) in [7, 11) is 0. The van der Waals surface area contributed by atoms with Crippen LogP contribution in [0.1, 0.15) is 21.5 Å². The first-order chi connectivity index (χ1) is 9.77. The summed E-state index contributed by atoms with van der Waals surface area (Å²) >= 11 is 0. The maximum Gasteiger partial charge on any atom is 0.416 e. The molecule has 2 N–H and O–H groups in total. The number of hydrogen-bond donors (Lipinski definition) is 2. The molecule has 1 aromatic heterocycles. The van der Waals surface area contributed by atoms with Gasteiger partial charge in [0.05, 0.1) is 5.56 Å². The molecule has 4 nitrogen and oxygen atoms in total. The molecular formula is C14H11F3N2O2. The van der Waals surface area contributed by atoms with Crippen LogP contribution in [0.5, 0.6) is 0 Å². The summed E-state index contributed by atoms with van der Waals surface area (Å²) in [5.74, 6) is -1.22. The third-order valence-electron chi connectivity index (χ3n) is 2.71. The van der Waals surface area contributed by atoms with Crippen LogP contribution in [-0.2, 0) is 6.18 Å². The van der Waals surface area contributed by atoms with E-state index < -0.39 is 17.7 Å². The van der Waals surface area contributed by atoms with Crippen LogP contribution in [0.15, 0.2) is 36.5 Å². The molecule has 0 spiro atoms. The highest BCUT2D eigenvalue weighted by Gasteiger charge is 2.31. The van der Waals surface area contributed by atoms with E-state index in [0.29, 0.717) is 5.56 Å². The van der Waals surface area contributed by atoms with Crippen LogP contribution in [-0.4, -0.2) is 16.1 Å². The molecule has 0 aliphatic carbocycles. The van der Waals surface area contributed by atoms with Gasteiger partial charge in [-0.25, -0.2) is 9.78 Å². The number of halogens is 3. The third-order valence-corrected chi connectivity index (χ3v) is 2.71. The average Bonchev–Trinajstić information content (AvgIpc) is 2.37. The molecule has 0 atom stereocenters. The topological polar surface area (TPSA) is 62.2 Å². The normalized spacial score (nSPS) is 11.2. The Labute approximate surface area is 118 Å². The van der Waals surface area contributed by atoms with Gasteiger partial charge >= 0.3 is 12.1 Å². The van der Waals surface area contributed by atoms with Gasteiger partial charge in [0.2, 0.25) is 0 Å². The van der Waals surface area contributed by atoms with Gasteiger partial charge in [-0.1, -0.05) is 0 Å². The lowest BCUT2D eigenvalue weighted by Gasteiger charge is -2.13. The molecule has 0 bridgehead atoms. The number of aromatic nitrogens is 1. The molecular weight excluding hydrogens is 285 g/mol. The van der Waals surface area contributed by atoms with Crippen molar-refractivity contribution in [3.8, 4) is 0 Å². The van der Waals surface area contributed by atoms with Crippen molar-refractivity contribution in [3.63, 3.8) is 0 Å². The Morgan fingerprint density at radius 2 is 2.00 bits per heavy atom. The van der Waals surface area contributed by atoms with Crippen molar-refractivity contribution in [2.45, 2.75) is 13.1 Å². The van der Waals surface area contributed by atoms with E-state index in [9.17, 15) is 18.0 Å². The van der Waals surface area contributed by atoms with Gasteiger partial charge in [0, 0.05) is 11.9 Å². The van der Waals surface area contributed by atoms with E-state index in [1.807, 2.05) is 0 Å². The van der Waals surface area contributed by atoms with Crippen LogP contribution in [0.4, 0.5) is 24.7 Å². The van der Waals surface area contributed by atoms with E-state index in [1.165, 1.54) is 31.3 Å². The number of benzene rings is 1. The number of pyridine rings is 1. The standard InChI is InChI=1S/C14H11F3N2O2/c1-8-5-9(14(15,16)17)7-10(6-8)19-12-11(13(20)21)3-2-4-18-12/h2-7H,1H3,(H,18,19)(H,20,21). The smallest absolute Gasteiger partial charge is 0.416 e. The first-order valence-electron chi connectivity index (χ1n) is 5.91. The first kappa shape index (κ1) is 14.8. The minimum atomic E-state index is -4.47. The quantitative estimate of drug-likeness (QED) is 0.903. The SMILES string of the molecule is Cc1cc(Nc2ncccc2C(=O)O)cc(C(F)(F)F)c1. The predicted molar refractivity (Wildman–Crippen MR) is 70.7 cm³/mol. The molecule has 0 saturated carbocycles. The van der Waals surface area contributed by atoms with Gasteiger partial charge in [-0.15, -0.1) is 0 Å². The molecule has 2 aromatic rings. The van der Waals surface area contributed by atoms with Crippen molar-refractivity contribution in [1.82, 2.24) is 4.98 Å². The van der Waals surface area contributed by atoms with Crippen molar-refractivity contribution in [2.24, 2.45) is 0 Å². The van der Waals surface area contributed by atoms with Gasteiger partial charge in [0.25, 0.3) is 0 Å². The fourth-order valence-corrected chi connectivity index (χ4v) is 1.83. The Morgan fingerprint density at radius 1 is 1.29 bits per heavy atom. The second-order valence-corrected chi connectivity index (χ2v) is 4.42. The van der Waals surface area contributed by atoms with Crippen LogP contribution in [0.25, 0.3) is 0 Å². The second kappa shape index (κ2) is 5.43. The molecule has 0 saturated heterocycles. The van der Waals surface area contributed by atoms with Gasteiger partial charge in [-0.05, 0) is 42.8 Å². The number of alkyl halides is 3. The zero-order chi connectivity index (χ0) is 15.6. The highest BCUT2D eigenvalue weighted by molar-refractivity contribution is 5.93. The molecule has 0 aliphatic rings. The van der Waals surface area contributed by atoms with E-state index in [2.05, 4.69) is 10.3 Å². The number of aryl methyl sites for hydroxylation is 1. The first-order valence-corrected chi connectivity index (χ1v) is 5.91. The van der Waals surface area contributed by atoms with E-state index in [-0.39, 0.29) is 17.1 Å². The van der Waals surface area contributed by atoms with Crippen LogP contribution >= 0.6 is 0 Å². The Bertz CT molecular complexity index is 684. The van der Waals surface area contributed by atoms with E-state index in [1.54, 1.807) is 0 Å². The Balaban J connectivity index is 2.41. The summed E-state index contributed by atoms with van der Waals surface area (Å²) in [5, 5.41) is 11.6. The number of anilines is 2. The summed E-state index contributed by atoms with van der Waals surface area (Å²) in [4.78, 5) is 14.9. The number of aromatic carboxylic acids is 1. The van der Waals surface area contributed by atoms with Gasteiger partial charge in [-0.3, -0.25) is 0 Å². The van der Waals surface area contributed by atoms with E-state index in [0.717, 1.165) is 12.1 Å². The minimum absolute atomic E-state index is 0.0104. The van der Waals surface area contributed by atoms with Gasteiger partial charge in [0.1, 0.15) is 11.4 Å². The van der Waals surface area contributed by atoms with Crippen molar-refractivity contribution < 1.29 is 23.1 Å². The molecule has 1 aromatic carbocycles. The number of carboxylic acid groups (broad SMARTS) is 1. The predicted octanol–water partition coefficient (Wildman–Crippen LogP) is 3.85. The molecule has 7 heteroatoms. The zero-order valence-corrected chi connectivity index (χ0v) is 10.9. The van der Waals surface area contributed by atoms with Crippen LogP contribution in [0.3, 0.4) is 0 Å². The maximum atomic E-state index is 12.8. The highest BCUT2D eigenvalue weighted by atomic mass is 19.4. The monoisotopic (exact) mass is 296 g/mol. The molecule has 0 aliphatic heterocycles. The van der Waals surface area contributed by atoms with E-state index in [4.69, 9.17) is 5.11 Å². The summed E-state index contributed by atoms with van der Waals surface area (Å²) in [6, 6.07) is 6.16. The molecule has 0 amide bonds. The van der Waals surface area contributed by atoms with Crippen LogP contribution in [0.2, 0.25) is 0 Å². The number of nitrogens with one attached hydrogen (secondary N) is 1. The summed E-state index contributed by atoms with van der Waals surface area (Å²) in [6.45, 7) is 1.52. The Kier molecular flexibility index (Phi) is 3.84. The number of hydrogen-bond acceptors (Lipinski definition) is 3. The zero-order valence-electron chi connectivity index (χ0n) is 10.9. The number of carboxylic acids is 1. The van der Waals surface area contributed by atoms with Gasteiger partial charge in [0.15, 0.2) is 0 Å². The van der Waals surface area contributed by atoms with Crippen molar-refractivity contribution in [2.75, 3.05) is 5.32 Å². The number of nitrogens with zero attached hydrogens (tertiary/aromatic N) is 1. The van der Waals surface area contributed by atoms with Crippen LogP contribution < -0.4 is 5.32 Å². The van der Waals surface area contributed by atoms with Crippen molar-refractivity contribution in [1.29, 1.82) is 0 Å². The highest BCUT2D eigenvalue weighted by Crippen LogP contribution is 2.32. The lowest BCUT2D eigenvalue weighted by Crippen LogP contribution is -2.08. The molecule has 0 unspecified atom stereocenters. The third kappa shape index (κ3) is 3.50. The molecule has 110 valence electrons. The molecule has 21 heavy (non-hydrogen) atoms. The summed E-state index contributed by atoms with van der Waals surface area (Å²) < 4.78 is 38.3. The lowest BCUT2D eigenvalue weighted by atomic mass is 10.1. The van der Waals surface area contributed by atoms with Gasteiger partial charge < -0.3 is 10.4 Å². The second-order valence-electron chi connectivity index (χ2n) is 4.42. The largest absolute Gasteiger partial charge is 0.478 e. The van der Waals surface area contributed by atoms with Crippen LogP contribution in [0, 0.1) is 6.92 Å². The van der Waals surface area contributed by atoms with Gasteiger partial charge in [-0.2, -0.15) is 13.2 Å². The minimum Gasteiger partial charge on any atom is -0.478 e. The van der Waals surface area contributed by atoms with Crippen molar-refractivity contribution >= 4 is 17.5 Å². The molecule has 2 rings (SSSR count). The van der Waals surface area contributed by atoms with Crippen molar-refractivity contribution in [3.05, 3.63) is 53.2 Å². The fraction of sp³-hybridized carbons (Fsp3) is 0.143. The fourth-order valence-electron chi connectivity index (χ4n) is 1.83. The number of carbonyl (C=O) groups is 1. The summed E-state index contributed by atoms with van der Waals surface area (Å²) in [6.07, 6.45) is -3.11. The lowest BCUT2D eigenvalue weighted by molar-refractivity contribution is -0.137. The molecule has 1 heterocycles. The average molecular weight is 296 g/mol. The number of rotatable bonds is 3. The van der Waals surface area contributed by atoms with E-state index >= 15 is 0 Å². The Morgan fingerprint density at radius 3 is 2.62 bits per heavy atom. The summed E-state index contributed by atoms with van der Waals surface area (Å²) in [5.41, 5.74) is -0.394. The Hall–Kier alpha value is -2.57. The molecule has 0 radical (unpaired) electrons. The molecule has 0 fully saturated rings. The maximum absolute atomic E-state index is 12.8.